The van der Waals surface area contributed by atoms with Gasteiger partial charge in [0, 0.05) is 25.4 Å². The first-order valence-electron chi connectivity index (χ1n) is 5.49. The molecule has 0 aliphatic carbocycles. The SMILES string of the molecule is CCOCCCNc1ccc(C(=O)O)c(Cl)c1. The van der Waals surface area contributed by atoms with Gasteiger partial charge in [-0.25, -0.2) is 4.79 Å². The zero-order valence-corrected chi connectivity index (χ0v) is 10.5. The molecule has 0 spiro atoms. The minimum Gasteiger partial charge on any atom is -0.478 e. The summed E-state index contributed by atoms with van der Waals surface area (Å²) in [5, 5.41) is 12.2. The van der Waals surface area contributed by atoms with E-state index in [4.69, 9.17) is 21.4 Å². The van der Waals surface area contributed by atoms with Crippen LogP contribution in [0.3, 0.4) is 0 Å². The van der Waals surface area contributed by atoms with Gasteiger partial charge in [-0.05, 0) is 31.5 Å². The van der Waals surface area contributed by atoms with E-state index in [-0.39, 0.29) is 10.6 Å². The second kappa shape index (κ2) is 7.14. The Kier molecular flexibility index (Phi) is 5.80. The lowest BCUT2D eigenvalue weighted by Crippen LogP contribution is -2.06. The minimum absolute atomic E-state index is 0.117. The molecule has 0 atom stereocenters. The fraction of sp³-hybridized carbons (Fsp3) is 0.417. The Morgan fingerprint density at radius 2 is 2.29 bits per heavy atom. The highest BCUT2D eigenvalue weighted by atomic mass is 35.5. The summed E-state index contributed by atoms with van der Waals surface area (Å²) in [6, 6.07) is 4.82. The standard InChI is InChI=1S/C12H16ClNO3/c1-2-17-7-3-6-14-9-4-5-10(12(15)16)11(13)8-9/h4-5,8,14H,2-3,6-7H2,1H3,(H,15,16). The number of benzene rings is 1. The van der Waals surface area contributed by atoms with E-state index in [9.17, 15) is 4.79 Å². The van der Waals surface area contributed by atoms with Gasteiger partial charge in [-0.15, -0.1) is 0 Å². The highest BCUT2D eigenvalue weighted by Crippen LogP contribution is 2.20. The van der Waals surface area contributed by atoms with E-state index >= 15 is 0 Å². The van der Waals surface area contributed by atoms with Crippen LogP contribution in [-0.4, -0.2) is 30.8 Å². The molecule has 0 aliphatic rings. The van der Waals surface area contributed by atoms with Crippen LogP contribution in [0.1, 0.15) is 23.7 Å². The number of carbonyl (C=O) groups is 1. The van der Waals surface area contributed by atoms with Gasteiger partial charge in [0.05, 0.1) is 10.6 Å². The number of halogens is 1. The summed E-state index contributed by atoms with van der Waals surface area (Å²) in [5.41, 5.74) is 0.933. The maximum Gasteiger partial charge on any atom is 0.337 e. The summed E-state index contributed by atoms with van der Waals surface area (Å²) < 4.78 is 5.20. The number of nitrogens with one attached hydrogen (secondary N) is 1. The van der Waals surface area contributed by atoms with Gasteiger partial charge in [-0.3, -0.25) is 0 Å². The first-order chi connectivity index (χ1) is 8.15. The molecule has 5 heteroatoms. The molecule has 0 aliphatic heterocycles. The number of hydrogen-bond donors (Lipinski definition) is 2. The fourth-order valence-electron chi connectivity index (χ4n) is 1.35. The van der Waals surface area contributed by atoms with Crippen molar-refractivity contribution in [2.45, 2.75) is 13.3 Å². The number of aromatic carboxylic acids is 1. The third kappa shape index (κ3) is 4.63. The van der Waals surface area contributed by atoms with Crippen LogP contribution in [0.2, 0.25) is 5.02 Å². The largest absolute Gasteiger partial charge is 0.478 e. The number of rotatable bonds is 7. The van der Waals surface area contributed by atoms with E-state index in [0.29, 0.717) is 6.61 Å². The molecule has 0 bridgehead atoms. The Hall–Kier alpha value is -1.26. The average molecular weight is 258 g/mol. The van der Waals surface area contributed by atoms with E-state index in [2.05, 4.69) is 5.32 Å². The summed E-state index contributed by atoms with van der Waals surface area (Å²) in [7, 11) is 0. The van der Waals surface area contributed by atoms with Crippen molar-refractivity contribution >= 4 is 23.3 Å². The van der Waals surface area contributed by atoms with Gasteiger partial charge < -0.3 is 15.2 Å². The Labute approximate surface area is 106 Å². The molecule has 0 fully saturated rings. The van der Waals surface area contributed by atoms with Crippen molar-refractivity contribution < 1.29 is 14.6 Å². The summed E-state index contributed by atoms with van der Waals surface area (Å²) >= 11 is 5.84. The first kappa shape index (κ1) is 13.8. The van der Waals surface area contributed by atoms with Gasteiger partial charge in [0.2, 0.25) is 0 Å². The van der Waals surface area contributed by atoms with E-state index in [0.717, 1.165) is 25.3 Å². The average Bonchev–Trinajstić information content (AvgIpc) is 2.28. The Bertz CT molecular complexity index is 382. The fourth-order valence-corrected chi connectivity index (χ4v) is 1.61. The summed E-state index contributed by atoms with van der Waals surface area (Å²) in [5.74, 6) is -1.02. The molecule has 17 heavy (non-hydrogen) atoms. The van der Waals surface area contributed by atoms with Crippen LogP contribution in [-0.2, 0) is 4.74 Å². The number of ether oxygens (including phenoxy) is 1. The van der Waals surface area contributed by atoms with Crippen LogP contribution < -0.4 is 5.32 Å². The maximum atomic E-state index is 10.7. The van der Waals surface area contributed by atoms with Gasteiger partial charge in [0.15, 0.2) is 0 Å². The molecule has 1 aromatic rings. The Morgan fingerprint density at radius 3 is 2.88 bits per heavy atom. The zero-order valence-electron chi connectivity index (χ0n) is 9.70. The molecule has 0 amide bonds. The third-order valence-corrected chi connectivity index (χ3v) is 2.51. The van der Waals surface area contributed by atoms with Crippen molar-refractivity contribution in [3.63, 3.8) is 0 Å². The quantitative estimate of drug-likeness (QED) is 0.738. The molecule has 0 saturated carbocycles. The number of anilines is 1. The molecular weight excluding hydrogens is 242 g/mol. The van der Waals surface area contributed by atoms with Crippen molar-refractivity contribution in [3.8, 4) is 0 Å². The van der Waals surface area contributed by atoms with E-state index in [1.54, 1.807) is 12.1 Å². The molecule has 1 rings (SSSR count). The van der Waals surface area contributed by atoms with E-state index in [1.165, 1.54) is 6.07 Å². The highest BCUT2D eigenvalue weighted by Gasteiger charge is 2.08. The second-order valence-electron chi connectivity index (χ2n) is 3.48. The Balaban J connectivity index is 2.45. The molecule has 94 valence electrons. The molecule has 0 radical (unpaired) electrons. The highest BCUT2D eigenvalue weighted by molar-refractivity contribution is 6.33. The van der Waals surface area contributed by atoms with Crippen molar-refractivity contribution in [1.29, 1.82) is 0 Å². The molecule has 2 N–H and O–H groups in total. The Morgan fingerprint density at radius 1 is 1.53 bits per heavy atom. The molecule has 4 nitrogen and oxygen atoms in total. The second-order valence-corrected chi connectivity index (χ2v) is 3.88. The predicted octanol–water partition coefficient (Wildman–Crippen LogP) is 2.88. The molecule has 0 saturated heterocycles. The lowest BCUT2D eigenvalue weighted by molar-refractivity contribution is 0.0697. The topological polar surface area (TPSA) is 58.6 Å². The number of carboxylic acids is 1. The number of carboxylic acid groups (broad SMARTS) is 1. The molecule has 1 aromatic carbocycles. The van der Waals surface area contributed by atoms with Crippen LogP contribution in [0.5, 0.6) is 0 Å². The first-order valence-corrected chi connectivity index (χ1v) is 5.87. The van der Waals surface area contributed by atoms with Crippen molar-refractivity contribution in [3.05, 3.63) is 28.8 Å². The van der Waals surface area contributed by atoms with Gasteiger partial charge in [0.25, 0.3) is 0 Å². The van der Waals surface area contributed by atoms with Crippen LogP contribution in [0, 0.1) is 0 Å². The molecule has 0 heterocycles. The van der Waals surface area contributed by atoms with Gasteiger partial charge in [-0.1, -0.05) is 11.6 Å². The molecular formula is C12H16ClNO3. The monoisotopic (exact) mass is 257 g/mol. The van der Waals surface area contributed by atoms with Crippen molar-refractivity contribution in [2.24, 2.45) is 0 Å². The van der Waals surface area contributed by atoms with Crippen LogP contribution in [0.15, 0.2) is 18.2 Å². The van der Waals surface area contributed by atoms with Crippen molar-refractivity contribution in [1.82, 2.24) is 0 Å². The lowest BCUT2D eigenvalue weighted by Gasteiger charge is -2.07. The normalized spacial score (nSPS) is 10.2. The molecule has 0 aromatic heterocycles. The van der Waals surface area contributed by atoms with E-state index < -0.39 is 5.97 Å². The minimum atomic E-state index is -1.02. The van der Waals surface area contributed by atoms with Gasteiger partial charge in [0.1, 0.15) is 0 Å². The number of hydrogen-bond acceptors (Lipinski definition) is 3. The smallest absolute Gasteiger partial charge is 0.337 e. The van der Waals surface area contributed by atoms with Crippen LogP contribution in [0.25, 0.3) is 0 Å². The predicted molar refractivity (Wildman–Crippen MR) is 68.0 cm³/mol. The van der Waals surface area contributed by atoms with Gasteiger partial charge >= 0.3 is 5.97 Å². The van der Waals surface area contributed by atoms with Crippen LogP contribution in [0.4, 0.5) is 5.69 Å². The van der Waals surface area contributed by atoms with E-state index in [1.807, 2.05) is 6.92 Å². The summed E-state index contributed by atoms with van der Waals surface area (Å²) in [6.45, 7) is 4.16. The third-order valence-electron chi connectivity index (χ3n) is 2.20. The zero-order chi connectivity index (χ0) is 12.7. The van der Waals surface area contributed by atoms with Crippen molar-refractivity contribution in [2.75, 3.05) is 25.1 Å². The molecule has 0 unspecified atom stereocenters. The van der Waals surface area contributed by atoms with Gasteiger partial charge in [-0.2, -0.15) is 0 Å². The summed E-state index contributed by atoms with van der Waals surface area (Å²) in [6.07, 6.45) is 0.895. The lowest BCUT2D eigenvalue weighted by atomic mass is 10.2. The van der Waals surface area contributed by atoms with Crippen LogP contribution >= 0.6 is 11.6 Å². The summed E-state index contributed by atoms with van der Waals surface area (Å²) in [4.78, 5) is 10.7. The maximum absolute atomic E-state index is 10.7.